The zero-order chi connectivity index (χ0) is 18.7. The number of benzene rings is 1. The summed E-state index contributed by atoms with van der Waals surface area (Å²) in [5.74, 6) is 0.629. The number of carbonyl (C=O) groups is 1. The second-order valence-electron chi connectivity index (χ2n) is 8.33. The molecule has 1 amide bonds. The molecule has 4 nitrogen and oxygen atoms in total. The molecule has 1 aromatic carbocycles. The third-order valence-corrected chi connectivity index (χ3v) is 5.28. The van der Waals surface area contributed by atoms with Crippen LogP contribution in [-0.4, -0.2) is 28.9 Å². The van der Waals surface area contributed by atoms with Crippen LogP contribution >= 0.6 is 0 Å². The molecule has 1 N–H and O–H groups in total. The number of amides is 1. The highest BCUT2D eigenvalue weighted by Gasteiger charge is 2.24. The summed E-state index contributed by atoms with van der Waals surface area (Å²) in [6.45, 7) is 8.26. The number of rotatable bonds is 3. The van der Waals surface area contributed by atoms with E-state index < -0.39 is 0 Å². The first-order valence-electron chi connectivity index (χ1n) is 9.40. The molecule has 0 unspecified atom stereocenters. The van der Waals surface area contributed by atoms with E-state index in [0.29, 0.717) is 11.5 Å². The van der Waals surface area contributed by atoms with Gasteiger partial charge < -0.3 is 9.88 Å². The topological polar surface area (TPSA) is 53.2 Å². The maximum Gasteiger partial charge on any atom is 0.255 e. The third-order valence-electron chi connectivity index (χ3n) is 5.28. The first kappa shape index (κ1) is 18.4. The van der Waals surface area contributed by atoms with Gasteiger partial charge in [0.2, 0.25) is 5.56 Å². The van der Waals surface area contributed by atoms with Crippen LogP contribution < -0.4 is 5.56 Å². The van der Waals surface area contributed by atoms with E-state index in [2.05, 4.69) is 50.0 Å². The fourth-order valence-electron chi connectivity index (χ4n) is 3.54. The largest absolute Gasteiger partial charge is 0.339 e. The lowest BCUT2D eigenvalue weighted by atomic mass is 9.85. The summed E-state index contributed by atoms with van der Waals surface area (Å²) >= 11 is 0. The van der Waals surface area contributed by atoms with Crippen molar-refractivity contribution >= 4 is 5.91 Å². The molecule has 2 aromatic rings. The summed E-state index contributed by atoms with van der Waals surface area (Å²) in [6, 6.07) is 12.0. The Labute approximate surface area is 155 Å². The molecule has 0 atom stereocenters. The number of hydrogen-bond acceptors (Lipinski definition) is 2. The highest BCUT2D eigenvalue weighted by molar-refractivity contribution is 5.93. The molecule has 0 spiro atoms. The Kier molecular flexibility index (Phi) is 5.30. The molecule has 0 aliphatic carbocycles. The average Bonchev–Trinajstić information content (AvgIpc) is 2.62. The summed E-state index contributed by atoms with van der Waals surface area (Å²) in [5, 5.41) is 0. The zero-order valence-electron chi connectivity index (χ0n) is 15.9. The Morgan fingerprint density at radius 3 is 2.27 bits per heavy atom. The van der Waals surface area contributed by atoms with Gasteiger partial charge in [0.1, 0.15) is 0 Å². The lowest BCUT2D eigenvalue weighted by molar-refractivity contribution is 0.0690. The van der Waals surface area contributed by atoms with E-state index in [4.69, 9.17) is 0 Å². The van der Waals surface area contributed by atoms with E-state index in [1.54, 1.807) is 6.07 Å². The van der Waals surface area contributed by atoms with Crippen LogP contribution in [0, 0.1) is 5.92 Å². The van der Waals surface area contributed by atoms with Gasteiger partial charge in [-0.25, -0.2) is 0 Å². The Morgan fingerprint density at radius 2 is 1.73 bits per heavy atom. The monoisotopic (exact) mass is 352 g/mol. The molecule has 0 bridgehead atoms. The normalized spacial score (nSPS) is 15.9. The Bertz CT molecular complexity index is 787. The Morgan fingerprint density at radius 1 is 1.08 bits per heavy atom. The van der Waals surface area contributed by atoms with E-state index in [-0.39, 0.29) is 16.9 Å². The van der Waals surface area contributed by atoms with Gasteiger partial charge in [-0.1, -0.05) is 45.0 Å². The van der Waals surface area contributed by atoms with Crippen molar-refractivity contribution in [2.45, 2.75) is 45.4 Å². The maximum absolute atomic E-state index is 12.5. The molecule has 138 valence electrons. The van der Waals surface area contributed by atoms with Gasteiger partial charge in [-0.05, 0) is 47.8 Å². The number of hydrogen-bond donors (Lipinski definition) is 1. The Hall–Kier alpha value is -2.36. The molecule has 0 saturated carbocycles. The number of pyridine rings is 1. The van der Waals surface area contributed by atoms with Crippen LogP contribution in [0.15, 0.2) is 47.4 Å². The smallest absolute Gasteiger partial charge is 0.255 e. The SMILES string of the molecule is CC(C)(C)c1ccc(CC2CCN(C(=O)c3ccc(=O)[nH]c3)CC2)cc1. The van der Waals surface area contributed by atoms with Crippen molar-refractivity contribution in [2.24, 2.45) is 5.92 Å². The first-order valence-corrected chi connectivity index (χ1v) is 9.40. The number of nitrogens with zero attached hydrogens (tertiary/aromatic N) is 1. The van der Waals surface area contributed by atoms with Crippen molar-refractivity contribution in [1.29, 1.82) is 0 Å². The number of aromatic nitrogens is 1. The van der Waals surface area contributed by atoms with E-state index in [0.717, 1.165) is 32.4 Å². The molecule has 1 aromatic heterocycles. The van der Waals surface area contributed by atoms with Gasteiger partial charge in [0, 0.05) is 25.4 Å². The summed E-state index contributed by atoms with van der Waals surface area (Å²) in [7, 11) is 0. The van der Waals surface area contributed by atoms with Crippen LogP contribution in [0.2, 0.25) is 0 Å². The van der Waals surface area contributed by atoms with Crippen LogP contribution in [0.25, 0.3) is 0 Å². The van der Waals surface area contributed by atoms with Crippen LogP contribution in [0.5, 0.6) is 0 Å². The lowest BCUT2D eigenvalue weighted by Crippen LogP contribution is -2.39. The van der Waals surface area contributed by atoms with E-state index in [1.807, 2.05) is 4.90 Å². The third kappa shape index (κ3) is 4.43. The average molecular weight is 352 g/mol. The van der Waals surface area contributed by atoms with Gasteiger partial charge in [-0.3, -0.25) is 9.59 Å². The quantitative estimate of drug-likeness (QED) is 0.914. The fraction of sp³-hybridized carbons (Fsp3) is 0.455. The van der Waals surface area contributed by atoms with Gasteiger partial charge in [-0.2, -0.15) is 0 Å². The lowest BCUT2D eigenvalue weighted by Gasteiger charge is -2.32. The predicted octanol–water partition coefficient (Wildman–Crippen LogP) is 3.77. The number of H-pyrrole nitrogens is 1. The molecule has 3 rings (SSSR count). The number of aromatic amines is 1. The summed E-state index contributed by atoms with van der Waals surface area (Å²) in [6.07, 6.45) is 4.63. The molecule has 0 radical (unpaired) electrons. The molecule has 4 heteroatoms. The van der Waals surface area contributed by atoms with Crippen molar-refractivity contribution in [2.75, 3.05) is 13.1 Å². The van der Waals surface area contributed by atoms with Crippen molar-refractivity contribution in [1.82, 2.24) is 9.88 Å². The minimum absolute atomic E-state index is 0.00855. The van der Waals surface area contributed by atoms with Crippen LogP contribution in [0.1, 0.15) is 55.1 Å². The first-order chi connectivity index (χ1) is 12.3. The van der Waals surface area contributed by atoms with Crippen molar-refractivity contribution in [3.63, 3.8) is 0 Å². The van der Waals surface area contributed by atoms with Gasteiger partial charge in [0.05, 0.1) is 5.56 Å². The molecule has 1 aliphatic heterocycles. The highest BCUT2D eigenvalue weighted by atomic mass is 16.2. The van der Waals surface area contributed by atoms with Crippen LogP contribution in [0.3, 0.4) is 0 Å². The van der Waals surface area contributed by atoms with Gasteiger partial charge >= 0.3 is 0 Å². The molecule has 1 aliphatic rings. The number of carbonyl (C=O) groups excluding carboxylic acids is 1. The van der Waals surface area contributed by atoms with Crippen molar-refractivity contribution < 1.29 is 4.79 Å². The van der Waals surface area contributed by atoms with Crippen LogP contribution in [-0.2, 0) is 11.8 Å². The zero-order valence-corrected chi connectivity index (χ0v) is 15.9. The highest BCUT2D eigenvalue weighted by Crippen LogP contribution is 2.26. The second kappa shape index (κ2) is 7.48. The van der Waals surface area contributed by atoms with Crippen molar-refractivity contribution in [3.05, 3.63) is 69.6 Å². The standard InChI is InChI=1S/C22H28N2O2/c1-22(2,3)19-7-4-16(5-8-19)14-17-10-12-24(13-11-17)21(26)18-6-9-20(25)23-15-18/h4-9,15,17H,10-14H2,1-3H3,(H,23,25). The fourth-order valence-corrected chi connectivity index (χ4v) is 3.54. The molecule has 2 heterocycles. The molecule has 1 fully saturated rings. The minimum atomic E-state index is -0.183. The molecule has 1 saturated heterocycles. The van der Waals surface area contributed by atoms with Gasteiger partial charge in [0.25, 0.3) is 5.91 Å². The maximum atomic E-state index is 12.5. The van der Waals surface area contributed by atoms with E-state index >= 15 is 0 Å². The summed E-state index contributed by atoms with van der Waals surface area (Å²) in [5.41, 5.74) is 3.30. The molecule has 26 heavy (non-hydrogen) atoms. The number of nitrogens with one attached hydrogen (secondary N) is 1. The number of piperidine rings is 1. The predicted molar refractivity (Wildman–Crippen MR) is 105 cm³/mol. The van der Waals surface area contributed by atoms with Crippen LogP contribution in [0.4, 0.5) is 0 Å². The van der Waals surface area contributed by atoms with Crippen molar-refractivity contribution in [3.8, 4) is 0 Å². The second-order valence-corrected chi connectivity index (χ2v) is 8.33. The summed E-state index contributed by atoms with van der Waals surface area (Å²) < 4.78 is 0. The molecular weight excluding hydrogens is 324 g/mol. The Balaban J connectivity index is 1.54. The molecular formula is C22H28N2O2. The minimum Gasteiger partial charge on any atom is -0.339 e. The van der Waals surface area contributed by atoms with E-state index in [1.165, 1.54) is 23.4 Å². The summed E-state index contributed by atoms with van der Waals surface area (Å²) in [4.78, 5) is 28.1. The van der Waals surface area contributed by atoms with Gasteiger partial charge in [0.15, 0.2) is 0 Å². The number of likely N-dealkylation sites (tertiary alicyclic amines) is 1. The van der Waals surface area contributed by atoms with Gasteiger partial charge in [-0.15, -0.1) is 0 Å². The van der Waals surface area contributed by atoms with E-state index in [9.17, 15) is 9.59 Å².